The number of ether oxygens (including phenoxy) is 1. The molecule has 2 aliphatic heterocycles. The van der Waals surface area contributed by atoms with Gasteiger partial charge in [0.1, 0.15) is 22.2 Å². The minimum Gasteiger partial charge on any atom is -0.465 e. The maximum atomic E-state index is 11.0. The largest absolute Gasteiger partial charge is 0.465 e. The Labute approximate surface area is 161 Å². The maximum Gasteiger partial charge on any atom is 0.405 e. The molecule has 0 aromatic carbocycles. The first-order valence-electron chi connectivity index (χ1n) is 9.30. The molecule has 1 atom stereocenters. The van der Waals surface area contributed by atoms with Gasteiger partial charge in [-0.1, -0.05) is 12.2 Å². The fourth-order valence-corrected chi connectivity index (χ4v) is 4.06. The first kappa shape index (κ1) is 18.2. The van der Waals surface area contributed by atoms with E-state index in [1.54, 1.807) is 6.20 Å². The van der Waals surface area contributed by atoms with Gasteiger partial charge in [-0.25, -0.2) is 19.4 Å². The van der Waals surface area contributed by atoms with Crippen molar-refractivity contribution in [3.63, 3.8) is 0 Å². The van der Waals surface area contributed by atoms with Gasteiger partial charge in [0.15, 0.2) is 5.65 Å². The summed E-state index contributed by atoms with van der Waals surface area (Å²) in [6.07, 6.45) is 5.20. The number of nitrogens with one attached hydrogen (secondary N) is 2. The summed E-state index contributed by atoms with van der Waals surface area (Å²) in [6, 6.07) is 0. The Morgan fingerprint density at radius 2 is 2.22 bits per heavy atom. The highest BCUT2D eigenvalue weighted by Crippen LogP contribution is 2.28. The van der Waals surface area contributed by atoms with Gasteiger partial charge in [-0.05, 0) is 39.0 Å². The average Bonchev–Trinajstić information content (AvgIpc) is 2.98. The quantitative estimate of drug-likeness (QED) is 0.689. The van der Waals surface area contributed by atoms with Crippen molar-refractivity contribution in [3.8, 4) is 0 Å². The fraction of sp³-hybridized carbons (Fsp3) is 0.647. The molecule has 2 aromatic rings. The van der Waals surface area contributed by atoms with Crippen LogP contribution in [0.3, 0.4) is 0 Å². The van der Waals surface area contributed by atoms with Crippen molar-refractivity contribution in [2.75, 3.05) is 24.6 Å². The van der Waals surface area contributed by atoms with Crippen LogP contribution in [0.5, 0.6) is 0 Å². The minimum atomic E-state index is -0.981. The lowest BCUT2D eigenvalue weighted by atomic mass is 9.90. The Morgan fingerprint density at radius 1 is 1.44 bits per heavy atom. The summed E-state index contributed by atoms with van der Waals surface area (Å²) in [6.45, 7) is 4.10. The highest BCUT2D eigenvalue weighted by atomic mass is 32.1. The molecule has 0 aliphatic carbocycles. The van der Waals surface area contributed by atoms with E-state index in [-0.39, 0.29) is 6.23 Å². The van der Waals surface area contributed by atoms with Crippen LogP contribution < -0.4 is 10.2 Å². The van der Waals surface area contributed by atoms with E-state index in [1.807, 2.05) is 11.6 Å². The van der Waals surface area contributed by atoms with Crippen LogP contribution in [0.4, 0.5) is 10.6 Å². The number of carboxylic acid groups (broad SMARTS) is 1. The second-order valence-electron chi connectivity index (χ2n) is 7.51. The summed E-state index contributed by atoms with van der Waals surface area (Å²) in [4.78, 5) is 22.5. The predicted molar refractivity (Wildman–Crippen MR) is 103 cm³/mol. The molecule has 0 spiro atoms. The number of carbonyl (C=O) groups is 1. The zero-order valence-electron chi connectivity index (χ0n) is 15.3. The molecule has 10 heteroatoms. The standard InChI is InChI=1S/C17H24N6O3S/c1-17(20-16(24)25)5-7-22(8-6-17)11-10-18-13-14(19-11)23(21-15(13)27)12-4-2-3-9-26-12/h10,12,20H,2-9H2,1H3,(H,21,27)(H,24,25). The zero-order chi connectivity index (χ0) is 19.0. The zero-order valence-corrected chi connectivity index (χ0v) is 16.1. The second kappa shape index (κ2) is 7.08. The van der Waals surface area contributed by atoms with E-state index < -0.39 is 11.6 Å². The van der Waals surface area contributed by atoms with Crippen molar-refractivity contribution in [3.05, 3.63) is 10.8 Å². The maximum absolute atomic E-state index is 11.0. The van der Waals surface area contributed by atoms with Gasteiger partial charge in [-0.2, -0.15) is 0 Å². The Hall–Kier alpha value is -2.20. The van der Waals surface area contributed by atoms with Gasteiger partial charge in [0.25, 0.3) is 0 Å². The number of amides is 1. The molecular formula is C17H24N6O3S. The van der Waals surface area contributed by atoms with Crippen LogP contribution in [0.2, 0.25) is 0 Å². The van der Waals surface area contributed by atoms with E-state index in [1.165, 1.54) is 0 Å². The van der Waals surface area contributed by atoms with Crippen molar-refractivity contribution in [1.29, 1.82) is 0 Å². The Bertz CT molecular complexity index is 896. The van der Waals surface area contributed by atoms with Crippen molar-refractivity contribution in [2.24, 2.45) is 0 Å². The van der Waals surface area contributed by atoms with E-state index in [0.29, 0.717) is 41.7 Å². The Balaban J connectivity index is 1.58. The van der Waals surface area contributed by atoms with Crippen LogP contribution in [0.15, 0.2) is 6.20 Å². The first-order valence-corrected chi connectivity index (χ1v) is 9.71. The second-order valence-corrected chi connectivity index (χ2v) is 7.92. The van der Waals surface area contributed by atoms with Crippen LogP contribution in [-0.4, -0.2) is 56.2 Å². The van der Waals surface area contributed by atoms with Gasteiger partial charge in [0.2, 0.25) is 0 Å². The smallest absolute Gasteiger partial charge is 0.405 e. The number of aromatic nitrogens is 4. The average molecular weight is 392 g/mol. The SMILES string of the molecule is CC1(NC(=O)O)CCN(c2cnc3c(=S)[nH]n(C4CCCCO4)c3n2)CC1. The molecule has 9 nitrogen and oxygen atoms in total. The number of H-pyrrole nitrogens is 1. The van der Waals surface area contributed by atoms with E-state index in [9.17, 15) is 4.79 Å². The molecule has 0 radical (unpaired) electrons. The lowest BCUT2D eigenvalue weighted by molar-refractivity contribution is -0.0371. The van der Waals surface area contributed by atoms with E-state index >= 15 is 0 Å². The van der Waals surface area contributed by atoms with Gasteiger partial charge >= 0.3 is 6.09 Å². The highest BCUT2D eigenvalue weighted by molar-refractivity contribution is 7.71. The van der Waals surface area contributed by atoms with Gasteiger partial charge in [0.05, 0.1) is 6.20 Å². The van der Waals surface area contributed by atoms with Crippen LogP contribution in [0.25, 0.3) is 11.2 Å². The van der Waals surface area contributed by atoms with Crippen LogP contribution >= 0.6 is 12.2 Å². The summed E-state index contributed by atoms with van der Waals surface area (Å²) in [5.74, 6) is 0.776. The van der Waals surface area contributed by atoms with Crippen molar-refractivity contribution in [1.82, 2.24) is 25.1 Å². The molecule has 27 heavy (non-hydrogen) atoms. The number of aromatic amines is 1. The number of fused-ring (bicyclic) bond motifs is 1. The lowest BCUT2D eigenvalue weighted by Gasteiger charge is -2.39. The molecule has 3 N–H and O–H groups in total. The van der Waals surface area contributed by atoms with Crippen LogP contribution in [-0.2, 0) is 4.74 Å². The van der Waals surface area contributed by atoms with Crippen molar-refractivity contribution < 1.29 is 14.6 Å². The third-order valence-corrected chi connectivity index (χ3v) is 5.73. The molecule has 1 amide bonds. The van der Waals surface area contributed by atoms with E-state index in [0.717, 1.165) is 31.7 Å². The lowest BCUT2D eigenvalue weighted by Crippen LogP contribution is -2.53. The summed E-state index contributed by atoms with van der Waals surface area (Å²) < 4.78 is 8.34. The van der Waals surface area contributed by atoms with Gasteiger partial charge in [0, 0.05) is 25.2 Å². The third-order valence-electron chi connectivity index (χ3n) is 5.45. The van der Waals surface area contributed by atoms with Crippen LogP contribution in [0, 0.1) is 4.64 Å². The topological polar surface area (TPSA) is 108 Å². The molecule has 2 fully saturated rings. The predicted octanol–water partition coefficient (Wildman–Crippen LogP) is 2.81. The summed E-state index contributed by atoms with van der Waals surface area (Å²) >= 11 is 5.40. The molecule has 146 valence electrons. The molecule has 2 aliphatic rings. The number of hydrogen-bond donors (Lipinski definition) is 3. The van der Waals surface area contributed by atoms with Gasteiger partial charge in [-0.3, -0.25) is 5.10 Å². The summed E-state index contributed by atoms with van der Waals surface area (Å²) in [5.41, 5.74) is 0.983. The number of hydrogen-bond acceptors (Lipinski definition) is 6. The molecule has 2 aromatic heterocycles. The monoisotopic (exact) mass is 392 g/mol. The summed E-state index contributed by atoms with van der Waals surface area (Å²) in [7, 11) is 0. The Morgan fingerprint density at radius 3 is 2.89 bits per heavy atom. The normalized spacial score (nSPS) is 22.7. The van der Waals surface area contributed by atoms with Gasteiger partial charge in [-0.15, -0.1) is 0 Å². The van der Waals surface area contributed by atoms with Crippen LogP contribution in [0.1, 0.15) is 45.3 Å². The van der Waals surface area contributed by atoms with Crippen molar-refractivity contribution >= 4 is 35.3 Å². The van der Waals surface area contributed by atoms with E-state index in [2.05, 4.69) is 20.3 Å². The van der Waals surface area contributed by atoms with Gasteiger partial charge < -0.3 is 20.1 Å². The molecule has 0 bridgehead atoms. The third kappa shape index (κ3) is 3.63. The number of rotatable bonds is 3. The molecule has 4 rings (SSSR count). The summed E-state index contributed by atoms with van der Waals surface area (Å²) in [5, 5.41) is 14.8. The molecule has 2 saturated heterocycles. The molecule has 4 heterocycles. The highest BCUT2D eigenvalue weighted by Gasteiger charge is 2.32. The first-order chi connectivity index (χ1) is 13.0. The Kier molecular flexibility index (Phi) is 4.77. The number of nitrogens with zero attached hydrogens (tertiary/aromatic N) is 4. The van der Waals surface area contributed by atoms with Crippen molar-refractivity contribution in [2.45, 2.75) is 50.8 Å². The number of anilines is 1. The van der Waals surface area contributed by atoms with E-state index in [4.69, 9.17) is 27.0 Å². The molecular weight excluding hydrogens is 368 g/mol. The molecule has 1 unspecified atom stereocenters. The fourth-order valence-electron chi connectivity index (χ4n) is 3.81. The molecule has 0 saturated carbocycles. The number of piperidine rings is 1. The minimum absolute atomic E-state index is 0.0908.